The van der Waals surface area contributed by atoms with E-state index in [1.54, 1.807) is 17.2 Å². The van der Waals surface area contributed by atoms with E-state index in [-0.39, 0.29) is 17.2 Å². The lowest BCUT2D eigenvalue weighted by Gasteiger charge is -2.40. The molecule has 0 bridgehead atoms. The molecule has 1 atom stereocenters. The Balaban J connectivity index is 1.62. The van der Waals surface area contributed by atoms with Crippen molar-refractivity contribution in [1.29, 1.82) is 0 Å². The van der Waals surface area contributed by atoms with Gasteiger partial charge in [0.05, 0.1) is 0 Å². The fraction of sp³-hybridized carbons (Fsp3) is 0.385. The van der Waals surface area contributed by atoms with E-state index in [1.165, 1.54) is 0 Å². The van der Waals surface area contributed by atoms with Crippen molar-refractivity contribution in [3.63, 3.8) is 0 Å². The molecule has 2 amide bonds. The lowest BCUT2D eigenvalue weighted by Crippen LogP contribution is -2.59. The third-order valence-electron chi connectivity index (χ3n) is 6.18. The zero-order chi connectivity index (χ0) is 23.6. The van der Waals surface area contributed by atoms with Crippen LogP contribution in [0.5, 0.6) is 0 Å². The zero-order valence-corrected chi connectivity index (χ0v) is 19.7. The first kappa shape index (κ1) is 22.7. The number of aromatic amines is 1. The van der Waals surface area contributed by atoms with Gasteiger partial charge in [-0.2, -0.15) is 5.10 Å². The van der Waals surface area contributed by atoms with Crippen LogP contribution in [0.3, 0.4) is 0 Å². The fourth-order valence-electron chi connectivity index (χ4n) is 4.19. The number of hydrogen-bond donors (Lipinski definition) is 1. The Morgan fingerprint density at radius 2 is 1.91 bits per heavy atom. The van der Waals surface area contributed by atoms with Crippen LogP contribution < -0.4 is 0 Å². The van der Waals surface area contributed by atoms with Crippen molar-refractivity contribution in [2.45, 2.75) is 45.6 Å². The van der Waals surface area contributed by atoms with Gasteiger partial charge in [0.25, 0.3) is 5.91 Å². The molecule has 0 radical (unpaired) electrons. The molecule has 1 aliphatic heterocycles. The predicted octanol–water partition coefficient (Wildman–Crippen LogP) is 3.68. The van der Waals surface area contributed by atoms with Gasteiger partial charge in [0.1, 0.15) is 11.7 Å². The van der Waals surface area contributed by atoms with Gasteiger partial charge in [0.15, 0.2) is 0 Å². The minimum Gasteiger partial charge on any atom is -0.339 e. The first-order valence-electron chi connectivity index (χ1n) is 11.4. The summed E-state index contributed by atoms with van der Waals surface area (Å²) < 4.78 is 0. The third-order valence-corrected chi connectivity index (χ3v) is 6.18. The number of pyridine rings is 1. The van der Waals surface area contributed by atoms with Gasteiger partial charge >= 0.3 is 0 Å². The van der Waals surface area contributed by atoms with E-state index in [0.29, 0.717) is 31.7 Å². The second-order valence-corrected chi connectivity index (χ2v) is 9.50. The Kier molecular flexibility index (Phi) is 6.31. The molecular weight excluding hydrogens is 414 g/mol. The first-order chi connectivity index (χ1) is 15.8. The Hall–Kier alpha value is -3.48. The molecule has 0 aliphatic carbocycles. The van der Waals surface area contributed by atoms with E-state index in [2.05, 4.69) is 42.0 Å². The monoisotopic (exact) mass is 445 g/mol. The number of hydrogen-bond acceptors (Lipinski definition) is 4. The second kappa shape index (κ2) is 9.17. The summed E-state index contributed by atoms with van der Waals surface area (Å²) in [6.45, 7) is 9.82. The first-order valence-corrected chi connectivity index (χ1v) is 11.4. The summed E-state index contributed by atoms with van der Waals surface area (Å²) in [5.41, 5.74) is 4.16. The predicted molar refractivity (Wildman–Crippen MR) is 128 cm³/mol. The van der Waals surface area contributed by atoms with E-state index < -0.39 is 6.04 Å². The highest BCUT2D eigenvalue weighted by Crippen LogP contribution is 2.25. The average molecular weight is 446 g/mol. The molecule has 4 rings (SSSR count). The van der Waals surface area contributed by atoms with Crippen LogP contribution in [0.15, 0.2) is 54.9 Å². The van der Waals surface area contributed by atoms with Crippen LogP contribution in [-0.4, -0.2) is 62.5 Å². The summed E-state index contributed by atoms with van der Waals surface area (Å²) in [6, 6.07) is 13.3. The van der Waals surface area contributed by atoms with Crippen molar-refractivity contribution >= 4 is 11.8 Å². The van der Waals surface area contributed by atoms with E-state index in [1.807, 2.05) is 48.4 Å². The van der Waals surface area contributed by atoms with Crippen LogP contribution in [0.2, 0.25) is 0 Å². The van der Waals surface area contributed by atoms with Crippen LogP contribution in [-0.2, 0) is 16.6 Å². The molecule has 172 valence electrons. The highest BCUT2D eigenvalue weighted by Gasteiger charge is 2.38. The Labute approximate surface area is 194 Å². The van der Waals surface area contributed by atoms with Crippen molar-refractivity contribution in [1.82, 2.24) is 25.0 Å². The summed E-state index contributed by atoms with van der Waals surface area (Å²) >= 11 is 0. The molecule has 1 saturated heterocycles. The van der Waals surface area contributed by atoms with Gasteiger partial charge in [-0.3, -0.25) is 19.7 Å². The van der Waals surface area contributed by atoms with Crippen molar-refractivity contribution in [3.8, 4) is 11.1 Å². The maximum Gasteiger partial charge on any atom is 0.275 e. The van der Waals surface area contributed by atoms with Gasteiger partial charge in [-0.05, 0) is 35.7 Å². The van der Waals surface area contributed by atoms with Gasteiger partial charge in [0.2, 0.25) is 5.91 Å². The van der Waals surface area contributed by atoms with Crippen LogP contribution in [0.4, 0.5) is 0 Å². The third kappa shape index (κ3) is 4.82. The Morgan fingerprint density at radius 3 is 2.58 bits per heavy atom. The molecule has 3 aromatic rings. The van der Waals surface area contributed by atoms with Gasteiger partial charge in [-0.15, -0.1) is 0 Å². The Morgan fingerprint density at radius 1 is 1.12 bits per heavy atom. The number of benzene rings is 1. The second-order valence-electron chi connectivity index (χ2n) is 9.50. The van der Waals surface area contributed by atoms with Gasteiger partial charge in [-0.1, -0.05) is 51.1 Å². The average Bonchev–Trinajstić information content (AvgIpc) is 3.32. The molecule has 2 aromatic heterocycles. The summed E-state index contributed by atoms with van der Waals surface area (Å²) in [6.07, 6.45) is 4.02. The highest BCUT2D eigenvalue weighted by atomic mass is 16.2. The minimum absolute atomic E-state index is 0.0181. The number of rotatable bonds is 5. The number of carbonyl (C=O) groups excluding carboxylic acids is 2. The molecule has 1 aliphatic rings. The molecule has 0 spiro atoms. The maximum absolute atomic E-state index is 13.4. The number of aromatic nitrogens is 3. The molecule has 33 heavy (non-hydrogen) atoms. The molecule has 7 nitrogen and oxygen atoms in total. The van der Waals surface area contributed by atoms with Crippen LogP contribution in [0.1, 0.15) is 49.4 Å². The van der Waals surface area contributed by atoms with Crippen molar-refractivity contribution in [2.75, 3.05) is 19.6 Å². The zero-order valence-electron chi connectivity index (χ0n) is 19.7. The normalized spacial score (nSPS) is 16.8. The lowest BCUT2D eigenvalue weighted by atomic mass is 9.92. The number of amides is 2. The van der Waals surface area contributed by atoms with Crippen LogP contribution in [0.25, 0.3) is 11.1 Å². The molecule has 1 fully saturated rings. The largest absolute Gasteiger partial charge is 0.339 e. The van der Waals surface area contributed by atoms with Crippen molar-refractivity contribution in [3.05, 3.63) is 71.8 Å². The number of nitrogens with zero attached hydrogens (tertiary/aromatic N) is 4. The number of carbonyl (C=O) groups is 2. The van der Waals surface area contributed by atoms with E-state index in [4.69, 9.17) is 0 Å². The van der Waals surface area contributed by atoms with E-state index in [0.717, 1.165) is 22.4 Å². The highest BCUT2D eigenvalue weighted by molar-refractivity contribution is 5.97. The fourth-order valence-corrected chi connectivity index (χ4v) is 4.19. The molecular formula is C26H31N5O2. The van der Waals surface area contributed by atoms with Crippen molar-refractivity contribution in [2.24, 2.45) is 0 Å². The number of likely N-dealkylation sites (N-methyl/N-ethyl adjacent to an activating group) is 1. The quantitative estimate of drug-likeness (QED) is 0.649. The maximum atomic E-state index is 13.4. The smallest absolute Gasteiger partial charge is 0.275 e. The minimum atomic E-state index is -0.565. The molecule has 0 unspecified atom stereocenters. The van der Waals surface area contributed by atoms with Crippen LogP contribution in [0, 0.1) is 0 Å². The topological polar surface area (TPSA) is 82.2 Å². The lowest BCUT2D eigenvalue weighted by molar-refractivity contribution is -0.139. The molecule has 1 N–H and O–H groups in total. The molecule has 0 saturated carbocycles. The SMILES string of the molecule is CCN1CCN(C(=O)c2cc(C(C)(C)C)[nH]n2)[C@H](Cc2cccc(-c3cccnc3)c2)C1=O. The summed E-state index contributed by atoms with van der Waals surface area (Å²) in [4.78, 5) is 34.5. The summed E-state index contributed by atoms with van der Waals surface area (Å²) in [5, 5.41) is 7.26. The summed E-state index contributed by atoms with van der Waals surface area (Å²) in [5.74, 6) is -0.227. The van der Waals surface area contributed by atoms with E-state index in [9.17, 15) is 9.59 Å². The summed E-state index contributed by atoms with van der Waals surface area (Å²) in [7, 11) is 0. The van der Waals surface area contributed by atoms with Gasteiger partial charge in [0, 0.05) is 49.6 Å². The van der Waals surface area contributed by atoms with Gasteiger partial charge in [-0.25, -0.2) is 0 Å². The molecule has 1 aromatic carbocycles. The standard InChI is InChI=1S/C26H31N5O2/c1-5-30-12-13-31(24(32)21-16-23(29-28-21)26(2,3)4)22(25(30)33)15-18-8-6-9-19(14-18)20-10-7-11-27-17-20/h6-11,14,16-17,22H,5,12-13,15H2,1-4H3,(H,28,29)/t22-/m1/s1. The number of nitrogens with one attached hydrogen (secondary N) is 1. The molecule has 7 heteroatoms. The number of H-pyrrole nitrogens is 1. The molecule has 3 heterocycles. The van der Waals surface area contributed by atoms with Gasteiger partial charge < -0.3 is 9.80 Å². The Bertz CT molecular complexity index is 1130. The number of piperazine rings is 1. The van der Waals surface area contributed by atoms with Crippen LogP contribution >= 0.6 is 0 Å². The van der Waals surface area contributed by atoms with Crippen molar-refractivity contribution < 1.29 is 9.59 Å². The van der Waals surface area contributed by atoms with E-state index >= 15 is 0 Å².